The Hall–Kier alpha value is -2.37. The van der Waals surface area contributed by atoms with Crippen LogP contribution in [0, 0.1) is 5.82 Å². The van der Waals surface area contributed by atoms with Gasteiger partial charge in [0.1, 0.15) is 11.4 Å². The van der Waals surface area contributed by atoms with E-state index in [9.17, 15) is 14.0 Å². The van der Waals surface area contributed by atoms with E-state index in [0.29, 0.717) is 5.56 Å². The molecule has 114 valence electrons. The summed E-state index contributed by atoms with van der Waals surface area (Å²) in [6, 6.07) is 3.68. The summed E-state index contributed by atoms with van der Waals surface area (Å²) in [6.07, 6.45) is 2.53. The smallest absolute Gasteiger partial charge is 0.407 e. The number of halogens is 1. The van der Waals surface area contributed by atoms with Gasteiger partial charge in [0, 0.05) is 12.1 Å². The summed E-state index contributed by atoms with van der Waals surface area (Å²) in [4.78, 5) is 22.6. The highest BCUT2D eigenvalue weighted by Crippen LogP contribution is 2.12. The molecule has 0 saturated carbocycles. The summed E-state index contributed by atoms with van der Waals surface area (Å²) in [5.41, 5.74) is 5.20. The standard InChI is InChI=1S/C15H19FN2O3/c1-15(2,3)21-14(20)18-8-4-5-10-9-11(16)6-7-12(10)13(17)19/h4-7,9H,8H2,1-3H3,(H2,17,19)(H,18,20). The predicted molar refractivity (Wildman–Crippen MR) is 78.2 cm³/mol. The van der Waals surface area contributed by atoms with E-state index in [-0.39, 0.29) is 12.1 Å². The molecule has 2 amide bonds. The van der Waals surface area contributed by atoms with Crippen LogP contribution in [0.4, 0.5) is 9.18 Å². The van der Waals surface area contributed by atoms with Crippen molar-refractivity contribution in [2.45, 2.75) is 26.4 Å². The molecule has 5 nitrogen and oxygen atoms in total. The van der Waals surface area contributed by atoms with Crippen molar-refractivity contribution in [2.24, 2.45) is 5.73 Å². The molecule has 6 heteroatoms. The zero-order valence-electron chi connectivity index (χ0n) is 12.3. The Morgan fingerprint density at radius 3 is 2.62 bits per heavy atom. The number of carbonyl (C=O) groups excluding carboxylic acids is 2. The van der Waals surface area contributed by atoms with Crippen molar-refractivity contribution in [1.82, 2.24) is 5.32 Å². The molecule has 3 N–H and O–H groups in total. The average molecular weight is 294 g/mol. The fourth-order valence-electron chi connectivity index (χ4n) is 1.54. The molecule has 0 aliphatic heterocycles. The number of amides is 2. The number of carbonyl (C=O) groups is 2. The summed E-state index contributed by atoms with van der Waals surface area (Å²) in [5, 5.41) is 2.51. The third kappa shape index (κ3) is 6.07. The van der Waals surface area contributed by atoms with Gasteiger partial charge in [0.2, 0.25) is 5.91 Å². The molecule has 0 aliphatic carbocycles. The van der Waals surface area contributed by atoms with Crippen molar-refractivity contribution in [2.75, 3.05) is 6.54 Å². The minimum absolute atomic E-state index is 0.184. The molecule has 0 radical (unpaired) electrons. The van der Waals surface area contributed by atoms with E-state index in [1.807, 2.05) is 0 Å². The lowest BCUT2D eigenvalue weighted by Crippen LogP contribution is -2.32. The maximum atomic E-state index is 13.2. The van der Waals surface area contributed by atoms with Crippen LogP contribution in [0.25, 0.3) is 6.08 Å². The molecule has 0 unspecified atom stereocenters. The molecule has 21 heavy (non-hydrogen) atoms. The molecular formula is C15H19FN2O3. The first-order valence-electron chi connectivity index (χ1n) is 6.42. The molecule has 1 aromatic carbocycles. The molecular weight excluding hydrogens is 275 g/mol. The van der Waals surface area contributed by atoms with Crippen LogP contribution >= 0.6 is 0 Å². The van der Waals surface area contributed by atoms with Crippen molar-refractivity contribution in [3.63, 3.8) is 0 Å². The highest BCUT2D eigenvalue weighted by Gasteiger charge is 2.15. The van der Waals surface area contributed by atoms with Gasteiger partial charge in [-0.2, -0.15) is 0 Å². The maximum absolute atomic E-state index is 13.2. The number of benzene rings is 1. The second kappa shape index (κ2) is 6.88. The van der Waals surface area contributed by atoms with Crippen LogP contribution in [0.3, 0.4) is 0 Å². The molecule has 0 spiro atoms. The van der Waals surface area contributed by atoms with Crippen molar-refractivity contribution in [3.05, 3.63) is 41.2 Å². The minimum Gasteiger partial charge on any atom is -0.444 e. The lowest BCUT2D eigenvalue weighted by atomic mass is 10.1. The van der Waals surface area contributed by atoms with Crippen molar-refractivity contribution in [1.29, 1.82) is 0 Å². The number of rotatable bonds is 4. The number of nitrogens with two attached hydrogens (primary N) is 1. The SMILES string of the molecule is CC(C)(C)OC(=O)NCC=Cc1cc(F)ccc1C(N)=O. The zero-order chi connectivity index (χ0) is 16.0. The first kappa shape index (κ1) is 16.7. The first-order chi connectivity index (χ1) is 9.69. The van der Waals surface area contributed by atoms with Gasteiger partial charge in [0.15, 0.2) is 0 Å². The molecule has 0 heterocycles. The van der Waals surface area contributed by atoms with Crippen LogP contribution in [0.5, 0.6) is 0 Å². The van der Waals surface area contributed by atoms with E-state index in [0.717, 1.165) is 6.07 Å². The molecule has 0 aromatic heterocycles. The number of alkyl carbamates (subject to hydrolysis) is 1. The third-order valence-corrected chi connectivity index (χ3v) is 2.34. The average Bonchev–Trinajstić information content (AvgIpc) is 2.32. The molecule has 1 aromatic rings. The lowest BCUT2D eigenvalue weighted by molar-refractivity contribution is 0.0534. The van der Waals surface area contributed by atoms with Gasteiger partial charge in [-0.05, 0) is 44.5 Å². The zero-order valence-corrected chi connectivity index (χ0v) is 12.3. The fraction of sp³-hybridized carbons (Fsp3) is 0.333. The van der Waals surface area contributed by atoms with Gasteiger partial charge >= 0.3 is 6.09 Å². The van der Waals surface area contributed by atoms with Crippen LogP contribution < -0.4 is 11.1 Å². The summed E-state index contributed by atoms with van der Waals surface area (Å²) in [6.45, 7) is 5.46. The van der Waals surface area contributed by atoms with Gasteiger partial charge in [-0.15, -0.1) is 0 Å². The van der Waals surface area contributed by atoms with Crippen molar-refractivity contribution < 1.29 is 18.7 Å². The van der Waals surface area contributed by atoms with Crippen LogP contribution in [0.15, 0.2) is 24.3 Å². The molecule has 0 bridgehead atoms. The number of nitrogens with one attached hydrogen (secondary N) is 1. The molecule has 0 atom stereocenters. The van der Waals surface area contributed by atoms with Crippen molar-refractivity contribution >= 4 is 18.1 Å². The fourth-order valence-corrected chi connectivity index (χ4v) is 1.54. The van der Waals surface area contributed by atoms with E-state index in [1.54, 1.807) is 26.8 Å². The molecule has 0 aliphatic rings. The minimum atomic E-state index is -0.644. The third-order valence-electron chi connectivity index (χ3n) is 2.34. The summed E-state index contributed by atoms with van der Waals surface area (Å²) in [7, 11) is 0. The summed E-state index contributed by atoms with van der Waals surface area (Å²) >= 11 is 0. The highest BCUT2D eigenvalue weighted by molar-refractivity contribution is 5.96. The Kier molecular flexibility index (Phi) is 5.46. The van der Waals surface area contributed by atoms with Crippen LogP contribution in [0.1, 0.15) is 36.7 Å². The van der Waals surface area contributed by atoms with Crippen LogP contribution in [-0.4, -0.2) is 24.1 Å². The van der Waals surface area contributed by atoms with Gasteiger partial charge in [-0.25, -0.2) is 9.18 Å². The van der Waals surface area contributed by atoms with Gasteiger partial charge in [0.05, 0.1) is 0 Å². The second-order valence-corrected chi connectivity index (χ2v) is 5.38. The van der Waals surface area contributed by atoms with E-state index in [1.165, 1.54) is 18.2 Å². The number of hydrogen-bond acceptors (Lipinski definition) is 3. The number of hydrogen-bond donors (Lipinski definition) is 2. The number of primary amides is 1. The Balaban J connectivity index is 2.64. The molecule has 0 saturated heterocycles. The number of ether oxygens (including phenoxy) is 1. The largest absolute Gasteiger partial charge is 0.444 e. The van der Waals surface area contributed by atoms with Gasteiger partial charge in [-0.1, -0.05) is 12.2 Å². The van der Waals surface area contributed by atoms with Gasteiger partial charge in [-0.3, -0.25) is 4.79 Å². The van der Waals surface area contributed by atoms with E-state index in [2.05, 4.69) is 5.32 Å². The Bertz CT molecular complexity index is 563. The monoisotopic (exact) mass is 294 g/mol. The quantitative estimate of drug-likeness (QED) is 0.895. The van der Waals surface area contributed by atoms with E-state index in [4.69, 9.17) is 10.5 Å². The van der Waals surface area contributed by atoms with E-state index < -0.39 is 23.4 Å². The lowest BCUT2D eigenvalue weighted by Gasteiger charge is -2.19. The van der Waals surface area contributed by atoms with Crippen molar-refractivity contribution in [3.8, 4) is 0 Å². The Morgan fingerprint density at radius 2 is 2.05 bits per heavy atom. The molecule has 1 rings (SSSR count). The Morgan fingerprint density at radius 1 is 1.38 bits per heavy atom. The normalized spacial score (nSPS) is 11.4. The highest BCUT2D eigenvalue weighted by atomic mass is 19.1. The topological polar surface area (TPSA) is 81.4 Å². The Labute approximate surface area is 123 Å². The van der Waals surface area contributed by atoms with Crippen LogP contribution in [0.2, 0.25) is 0 Å². The van der Waals surface area contributed by atoms with E-state index >= 15 is 0 Å². The summed E-state index contributed by atoms with van der Waals surface area (Å²) in [5.74, 6) is -1.12. The second-order valence-electron chi connectivity index (χ2n) is 5.38. The predicted octanol–water partition coefficient (Wildman–Crippen LogP) is 2.46. The van der Waals surface area contributed by atoms with Gasteiger partial charge in [0.25, 0.3) is 0 Å². The summed E-state index contributed by atoms with van der Waals surface area (Å²) < 4.78 is 18.2. The molecule has 0 fully saturated rings. The van der Waals surface area contributed by atoms with Gasteiger partial charge < -0.3 is 15.8 Å². The maximum Gasteiger partial charge on any atom is 0.407 e. The van der Waals surface area contributed by atoms with Crippen LogP contribution in [-0.2, 0) is 4.74 Å². The first-order valence-corrected chi connectivity index (χ1v) is 6.42.